The maximum atomic E-state index is 4.60. The number of hydrogen-bond donors (Lipinski definition) is 1. The van der Waals surface area contributed by atoms with Crippen LogP contribution in [0.4, 0.5) is 0 Å². The Morgan fingerprint density at radius 3 is 2.67 bits per heavy atom. The molecule has 2 rings (SSSR count). The van der Waals surface area contributed by atoms with Crippen LogP contribution in [0.5, 0.6) is 0 Å². The number of aryl methyl sites for hydroxylation is 3. The summed E-state index contributed by atoms with van der Waals surface area (Å²) < 4.78 is 3.23. The van der Waals surface area contributed by atoms with E-state index in [1.165, 1.54) is 10.6 Å². The van der Waals surface area contributed by atoms with Crippen LogP contribution in [0.1, 0.15) is 48.3 Å². The van der Waals surface area contributed by atoms with Crippen LogP contribution in [0.15, 0.2) is 9.98 Å². The lowest BCUT2D eigenvalue weighted by molar-refractivity contribution is 0.505. The highest BCUT2D eigenvalue weighted by molar-refractivity contribution is 9.10. The average Bonchev–Trinajstić information content (AvgIpc) is 3.01. The molecule has 2 aromatic heterocycles. The Bertz CT molecular complexity index is 591. The molecular formula is C15H23BrN4S. The summed E-state index contributed by atoms with van der Waals surface area (Å²) in [6.07, 6.45) is 2.06. The molecule has 0 aliphatic carbocycles. The molecule has 0 saturated carbocycles. The normalized spacial score (nSPS) is 12.8. The van der Waals surface area contributed by atoms with Crippen molar-refractivity contribution in [2.75, 3.05) is 6.54 Å². The van der Waals surface area contributed by atoms with Crippen molar-refractivity contribution < 1.29 is 0 Å². The van der Waals surface area contributed by atoms with Crippen LogP contribution in [0.25, 0.3) is 0 Å². The summed E-state index contributed by atoms with van der Waals surface area (Å²) in [4.78, 5) is 5.73. The Morgan fingerprint density at radius 2 is 2.10 bits per heavy atom. The van der Waals surface area contributed by atoms with E-state index in [4.69, 9.17) is 0 Å². The molecule has 6 heteroatoms. The molecule has 0 bridgehead atoms. The lowest BCUT2D eigenvalue weighted by atomic mass is 10.1. The van der Waals surface area contributed by atoms with Crippen LogP contribution >= 0.6 is 27.3 Å². The summed E-state index contributed by atoms with van der Waals surface area (Å²) in [6.45, 7) is 10.4. The molecule has 1 N–H and O–H groups in total. The van der Waals surface area contributed by atoms with Crippen molar-refractivity contribution in [1.29, 1.82) is 0 Å². The first-order valence-electron chi connectivity index (χ1n) is 7.43. The van der Waals surface area contributed by atoms with Crippen LogP contribution in [0.2, 0.25) is 0 Å². The second kappa shape index (κ2) is 7.51. The van der Waals surface area contributed by atoms with E-state index >= 15 is 0 Å². The highest BCUT2D eigenvalue weighted by Crippen LogP contribution is 2.29. The van der Waals surface area contributed by atoms with Gasteiger partial charge in [-0.1, -0.05) is 6.92 Å². The van der Waals surface area contributed by atoms with Gasteiger partial charge in [0, 0.05) is 23.9 Å². The first kappa shape index (κ1) is 16.6. The van der Waals surface area contributed by atoms with Gasteiger partial charge in [-0.05, 0) is 49.7 Å². The fourth-order valence-corrected chi connectivity index (χ4v) is 3.80. The monoisotopic (exact) mass is 370 g/mol. The van der Waals surface area contributed by atoms with Crippen LogP contribution in [0.3, 0.4) is 0 Å². The van der Waals surface area contributed by atoms with Crippen LogP contribution in [-0.2, 0) is 13.0 Å². The van der Waals surface area contributed by atoms with Crippen molar-refractivity contribution in [3.8, 4) is 0 Å². The summed E-state index contributed by atoms with van der Waals surface area (Å²) >= 11 is 5.43. The van der Waals surface area contributed by atoms with Gasteiger partial charge in [0.15, 0.2) is 0 Å². The molecule has 21 heavy (non-hydrogen) atoms. The first-order valence-corrected chi connectivity index (χ1v) is 9.10. The fourth-order valence-electron chi connectivity index (χ4n) is 2.48. The van der Waals surface area contributed by atoms with Crippen molar-refractivity contribution in [1.82, 2.24) is 20.1 Å². The molecule has 0 aliphatic rings. The van der Waals surface area contributed by atoms with Crippen molar-refractivity contribution >= 4 is 27.3 Å². The Morgan fingerprint density at radius 1 is 1.33 bits per heavy atom. The summed E-state index contributed by atoms with van der Waals surface area (Å²) in [6, 6.07) is 0.301. The fraction of sp³-hybridized carbons (Fsp3) is 0.600. The van der Waals surface area contributed by atoms with Crippen molar-refractivity contribution in [2.24, 2.45) is 0 Å². The van der Waals surface area contributed by atoms with Gasteiger partial charge in [-0.3, -0.25) is 4.68 Å². The Hall–Kier alpha value is -0.720. The summed E-state index contributed by atoms with van der Waals surface area (Å²) in [5.74, 6) is 0. The number of nitrogens with zero attached hydrogens (tertiary/aromatic N) is 3. The minimum absolute atomic E-state index is 0.301. The third kappa shape index (κ3) is 3.73. The van der Waals surface area contributed by atoms with E-state index in [9.17, 15) is 0 Å². The first-order chi connectivity index (χ1) is 10.1. The second-order valence-electron chi connectivity index (χ2n) is 5.17. The smallest absolute Gasteiger partial charge is 0.0798 e. The van der Waals surface area contributed by atoms with Gasteiger partial charge < -0.3 is 5.32 Å². The minimum Gasteiger partial charge on any atom is -0.309 e. The Kier molecular flexibility index (Phi) is 5.96. The third-order valence-electron chi connectivity index (χ3n) is 3.59. The van der Waals surface area contributed by atoms with Crippen molar-refractivity contribution in [3.63, 3.8) is 0 Å². The highest BCUT2D eigenvalue weighted by atomic mass is 79.9. The standard InChI is InChI=1S/C15H23BrN4S/c1-5-7-17-12(15-11(4)18-9-21-15)8-13-14(16)10(3)19-20(13)6-2/h9,12,17H,5-8H2,1-4H3. The zero-order chi connectivity index (χ0) is 15.4. The van der Waals surface area contributed by atoms with E-state index in [1.807, 2.05) is 12.4 Å². The summed E-state index contributed by atoms with van der Waals surface area (Å²) in [5.41, 5.74) is 5.38. The Labute approximate surface area is 139 Å². The molecule has 0 saturated heterocycles. The van der Waals surface area contributed by atoms with Gasteiger partial charge in [-0.25, -0.2) is 4.98 Å². The molecule has 0 radical (unpaired) electrons. The van der Waals surface area contributed by atoms with Crippen LogP contribution < -0.4 is 5.32 Å². The number of aromatic nitrogens is 3. The zero-order valence-corrected chi connectivity index (χ0v) is 15.5. The molecule has 2 heterocycles. The summed E-state index contributed by atoms with van der Waals surface area (Å²) in [5, 5.41) is 8.25. The predicted molar refractivity (Wildman–Crippen MR) is 91.9 cm³/mol. The number of rotatable bonds is 7. The van der Waals surface area contributed by atoms with Gasteiger partial charge in [0.1, 0.15) is 0 Å². The molecule has 0 aromatic carbocycles. The van der Waals surface area contributed by atoms with Gasteiger partial charge in [0.2, 0.25) is 0 Å². The molecule has 0 amide bonds. The van der Waals surface area contributed by atoms with Gasteiger partial charge >= 0.3 is 0 Å². The van der Waals surface area contributed by atoms with Crippen LogP contribution in [0, 0.1) is 13.8 Å². The van der Waals surface area contributed by atoms with Crippen molar-refractivity contribution in [2.45, 2.75) is 53.1 Å². The number of nitrogens with one attached hydrogen (secondary N) is 1. The predicted octanol–water partition coefficient (Wildman–Crippen LogP) is 4.02. The second-order valence-corrected chi connectivity index (χ2v) is 6.85. The van der Waals surface area contributed by atoms with E-state index in [0.29, 0.717) is 6.04 Å². The average molecular weight is 371 g/mol. The molecule has 1 atom stereocenters. The third-order valence-corrected chi connectivity index (χ3v) is 5.67. The molecule has 4 nitrogen and oxygen atoms in total. The molecule has 0 spiro atoms. The largest absolute Gasteiger partial charge is 0.309 e. The molecule has 116 valence electrons. The topological polar surface area (TPSA) is 42.7 Å². The van der Waals surface area contributed by atoms with Gasteiger partial charge in [0.05, 0.1) is 27.1 Å². The van der Waals surface area contributed by atoms with E-state index in [-0.39, 0.29) is 0 Å². The van der Waals surface area contributed by atoms with Crippen LogP contribution in [-0.4, -0.2) is 21.3 Å². The molecule has 2 aromatic rings. The lowest BCUT2D eigenvalue weighted by Gasteiger charge is -2.18. The molecular weight excluding hydrogens is 348 g/mol. The number of halogens is 1. The van der Waals surface area contributed by atoms with E-state index in [0.717, 1.165) is 41.8 Å². The van der Waals surface area contributed by atoms with E-state index < -0.39 is 0 Å². The lowest BCUT2D eigenvalue weighted by Crippen LogP contribution is -2.25. The minimum atomic E-state index is 0.301. The highest BCUT2D eigenvalue weighted by Gasteiger charge is 2.21. The van der Waals surface area contributed by atoms with E-state index in [2.05, 4.69) is 56.8 Å². The molecule has 0 aliphatic heterocycles. The zero-order valence-electron chi connectivity index (χ0n) is 13.1. The van der Waals surface area contributed by atoms with Gasteiger partial charge in [0.25, 0.3) is 0 Å². The van der Waals surface area contributed by atoms with Gasteiger partial charge in [-0.15, -0.1) is 11.3 Å². The maximum absolute atomic E-state index is 4.60. The quantitative estimate of drug-likeness (QED) is 0.799. The molecule has 1 unspecified atom stereocenters. The van der Waals surface area contributed by atoms with Crippen molar-refractivity contribution in [3.05, 3.63) is 31.9 Å². The molecule has 0 fully saturated rings. The summed E-state index contributed by atoms with van der Waals surface area (Å²) in [7, 11) is 0. The maximum Gasteiger partial charge on any atom is 0.0798 e. The van der Waals surface area contributed by atoms with Gasteiger partial charge in [-0.2, -0.15) is 5.10 Å². The number of hydrogen-bond acceptors (Lipinski definition) is 4. The SMILES string of the molecule is CCCNC(Cc1c(Br)c(C)nn1CC)c1scnc1C. The Balaban J connectivity index is 2.29. The van der Waals surface area contributed by atoms with E-state index in [1.54, 1.807) is 11.3 Å². The number of thiazole rings is 1.